The molecule has 6 heteroatoms. The van der Waals surface area contributed by atoms with Crippen LogP contribution in [0.25, 0.3) is 0 Å². The van der Waals surface area contributed by atoms with Crippen LogP contribution in [-0.4, -0.2) is 18.4 Å². The number of methoxy groups -OCH3 is 1. The van der Waals surface area contributed by atoms with Gasteiger partial charge in [-0.25, -0.2) is 13.8 Å². The van der Waals surface area contributed by atoms with E-state index in [2.05, 4.69) is 9.72 Å². The molecule has 0 spiro atoms. The first-order valence-corrected chi connectivity index (χ1v) is 3.95. The van der Waals surface area contributed by atoms with Crippen molar-refractivity contribution in [1.82, 2.24) is 4.98 Å². The summed E-state index contributed by atoms with van der Waals surface area (Å²) in [6.45, 7) is 0. The van der Waals surface area contributed by atoms with Crippen LogP contribution in [0.15, 0.2) is 6.20 Å². The van der Waals surface area contributed by atoms with Crippen LogP contribution >= 0.6 is 11.6 Å². The fourth-order valence-corrected chi connectivity index (χ4v) is 1.21. The molecule has 76 valence electrons. The number of pyridine rings is 1. The van der Waals surface area contributed by atoms with Gasteiger partial charge < -0.3 is 4.74 Å². The molecule has 0 aromatic carbocycles. The quantitative estimate of drug-likeness (QED) is 0.736. The Morgan fingerprint density at radius 2 is 2.29 bits per heavy atom. The molecule has 1 aromatic rings. The Morgan fingerprint density at radius 1 is 1.64 bits per heavy atom. The zero-order valence-electron chi connectivity index (χ0n) is 7.13. The normalized spacial score (nSPS) is 10.4. The van der Waals surface area contributed by atoms with Gasteiger partial charge in [0, 0.05) is 17.3 Å². The van der Waals surface area contributed by atoms with Crippen LogP contribution in [0.3, 0.4) is 0 Å². The molecular formula is C8H6ClF2NO2. The predicted molar refractivity (Wildman–Crippen MR) is 46.1 cm³/mol. The number of aromatic nitrogens is 1. The lowest BCUT2D eigenvalue weighted by atomic mass is 10.1. The third-order valence-electron chi connectivity index (χ3n) is 1.60. The van der Waals surface area contributed by atoms with Crippen LogP contribution in [0.1, 0.15) is 22.3 Å². The summed E-state index contributed by atoms with van der Waals surface area (Å²) in [6.07, 6.45) is -1.65. The highest BCUT2D eigenvalue weighted by Crippen LogP contribution is 2.31. The van der Waals surface area contributed by atoms with Gasteiger partial charge in [-0.1, -0.05) is 11.6 Å². The minimum Gasteiger partial charge on any atom is -0.480 e. The second-order valence-corrected chi connectivity index (χ2v) is 2.75. The van der Waals surface area contributed by atoms with Gasteiger partial charge in [0.1, 0.15) is 5.02 Å². The Hall–Kier alpha value is -1.23. The van der Waals surface area contributed by atoms with Crippen molar-refractivity contribution in [2.75, 3.05) is 7.11 Å². The highest BCUT2D eigenvalue weighted by molar-refractivity contribution is 6.34. The largest absolute Gasteiger partial charge is 0.480 e. The smallest absolute Gasteiger partial charge is 0.266 e. The number of carbonyl (C=O) groups is 1. The molecule has 14 heavy (non-hydrogen) atoms. The number of ether oxygens (including phenoxy) is 1. The van der Waals surface area contributed by atoms with Crippen LogP contribution in [-0.2, 0) is 0 Å². The van der Waals surface area contributed by atoms with Crippen molar-refractivity contribution >= 4 is 17.9 Å². The van der Waals surface area contributed by atoms with Gasteiger partial charge in [0.25, 0.3) is 6.43 Å². The van der Waals surface area contributed by atoms with Gasteiger partial charge in [0.15, 0.2) is 6.29 Å². The van der Waals surface area contributed by atoms with E-state index < -0.39 is 12.0 Å². The number of nitrogens with zero attached hydrogens (tertiary/aromatic N) is 1. The molecule has 0 saturated carbocycles. The Bertz CT molecular complexity index is 357. The molecule has 0 bridgehead atoms. The van der Waals surface area contributed by atoms with E-state index in [0.717, 1.165) is 6.20 Å². The summed E-state index contributed by atoms with van der Waals surface area (Å²) < 4.78 is 29.3. The molecule has 0 aliphatic heterocycles. The van der Waals surface area contributed by atoms with Gasteiger partial charge in [-0.2, -0.15) is 0 Å². The maximum atomic E-state index is 12.3. The first-order chi connectivity index (χ1) is 6.61. The van der Waals surface area contributed by atoms with E-state index in [1.165, 1.54) is 7.11 Å². The molecule has 0 aliphatic rings. The minimum atomic E-state index is -2.79. The number of hydrogen-bond donors (Lipinski definition) is 0. The molecule has 0 N–H and O–H groups in total. The van der Waals surface area contributed by atoms with Gasteiger partial charge >= 0.3 is 0 Å². The molecule has 1 rings (SSSR count). The predicted octanol–water partition coefficient (Wildman–Crippen LogP) is 2.49. The van der Waals surface area contributed by atoms with Crippen LogP contribution in [0.5, 0.6) is 5.88 Å². The molecule has 0 fully saturated rings. The summed E-state index contributed by atoms with van der Waals surface area (Å²) in [6, 6.07) is 0. The van der Waals surface area contributed by atoms with Crippen molar-refractivity contribution in [1.29, 1.82) is 0 Å². The van der Waals surface area contributed by atoms with Gasteiger partial charge in [0.2, 0.25) is 5.88 Å². The van der Waals surface area contributed by atoms with E-state index in [1.807, 2.05) is 0 Å². The average molecular weight is 222 g/mol. The van der Waals surface area contributed by atoms with Crippen molar-refractivity contribution in [2.24, 2.45) is 0 Å². The summed E-state index contributed by atoms with van der Waals surface area (Å²) in [7, 11) is 1.28. The van der Waals surface area contributed by atoms with Crippen LogP contribution in [0.4, 0.5) is 8.78 Å². The number of carbonyl (C=O) groups excluding carboxylic acids is 1. The summed E-state index contributed by atoms with van der Waals surface area (Å²) in [5.41, 5.74) is -0.778. The molecular weight excluding hydrogens is 216 g/mol. The third-order valence-corrected chi connectivity index (χ3v) is 1.97. The molecule has 0 radical (unpaired) electrons. The van der Waals surface area contributed by atoms with Crippen molar-refractivity contribution < 1.29 is 18.3 Å². The number of hydrogen-bond acceptors (Lipinski definition) is 3. The van der Waals surface area contributed by atoms with E-state index in [0.29, 0.717) is 0 Å². The number of halogens is 3. The van der Waals surface area contributed by atoms with Gasteiger partial charge in [-0.05, 0) is 0 Å². The zero-order valence-corrected chi connectivity index (χ0v) is 7.89. The molecule has 3 nitrogen and oxygen atoms in total. The van der Waals surface area contributed by atoms with Crippen molar-refractivity contribution in [3.63, 3.8) is 0 Å². The first-order valence-electron chi connectivity index (χ1n) is 3.57. The molecule has 0 unspecified atom stereocenters. The Labute approximate surface area is 83.7 Å². The van der Waals surface area contributed by atoms with Gasteiger partial charge in [0.05, 0.1) is 7.11 Å². The van der Waals surface area contributed by atoms with Crippen molar-refractivity contribution in [3.8, 4) is 5.88 Å². The van der Waals surface area contributed by atoms with E-state index in [1.54, 1.807) is 0 Å². The lowest BCUT2D eigenvalue weighted by Crippen LogP contribution is -1.99. The molecule has 1 aromatic heterocycles. The van der Waals surface area contributed by atoms with Crippen LogP contribution < -0.4 is 4.74 Å². The number of alkyl halides is 2. The summed E-state index contributed by atoms with van der Waals surface area (Å²) >= 11 is 5.61. The lowest BCUT2D eigenvalue weighted by Gasteiger charge is -2.07. The Balaban J connectivity index is 3.35. The fourth-order valence-electron chi connectivity index (χ4n) is 0.932. The van der Waals surface area contributed by atoms with E-state index in [-0.39, 0.29) is 22.8 Å². The van der Waals surface area contributed by atoms with Crippen molar-refractivity contribution in [3.05, 3.63) is 22.3 Å². The molecule has 1 heterocycles. The topological polar surface area (TPSA) is 39.2 Å². The van der Waals surface area contributed by atoms with Crippen LogP contribution in [0.2, 0.25) is 5.02 Å². The molecule has 0 amide bonds. The fraction of sp³-hybridized carbons (Fsp3) is 0.250. The van der Waals surface area contributed by atoms with E-state index in [9.17, 15) is 13.6 Å². The minimum absolute atomic E-state index is 0.0434. The van der Waals surface area contributed by atoms with Gasteiger partial charge in [-0.15, -0.1) is 0 Å². The Kier molecular flexibility index (Phi) is 3.35. The first kappa shape index (κ1) is 10.8. The SMILES string of the molecule is COc1ncc(C(F)F)c(C=O)c1Cl. The van der Waals surface area contributed by atoms with E-state index >= 15 is 0 Å². The maximum absolute atomic E-state index is 12.3. The number of aldehydes is 1. The standard InChI is InChI=1S/C8H6ClF2NO2/c1-14-8-6(9)5(3-13)4(2-12-8)7(10)11/h2-3,7H,1H3. The highest BCUT2D eigenvalue weighted by atomic mass is 35.5. The molecule has 0 aliphatic carbocycles. The summed E-state index contributed by atoms with van der Waals surface area (Å²) in [4.78, 5) is 14.1. The monoisotopic (exact) mass is 221 g/mol. The second-order valence-electron chi connectivity index (χ2n) is 2.37. The van der Waals surface area contributed by atoms with Crippen LogP contribution in [0, 0.1) is 0 Å². The molecule has 0 atom stereocenters. The summed E-state index contributed by atoms with van der Waals surface area (Å²) in [5, 5.41) is -0.194. The third kappa shape index (κ3) is 1.82. The molecule has 0 saturated heterocycles. The lowest BCUT2D eigenvalue weighted by molar-refractivity contribution is 0.110. The van der Waals surface area contributed by atoms with E-state index in [4.69, 9.17) is 11.6 Å². The zero-order chi connectivity index (χ0) is 10.7. The highest BCUT2D eigenvalue weighted by Gasteiger charge is 2.19. The van der Waals surface area contributed by atoms with Gasteiger partial charge in [-0.3, -0.25) is 4.79 Å². The Morgan fingerprint density at radius 3 is 2.71 bits per heavy atom. The number of rotatable bonds is 3. The summed E-state index contributed by atoms with van der Waals surface area (Å²) in [5.74, 6) is -0.0434. The second kappa shape index (κ2) is 4.32. The van der Waals surface area contributed by atoms with Crippen molar-refractivity contribution in [2.45, 2.75) is 6.43 Å². The maximum Gasteiger partial charge on any atom is 0.266 e. The average Bonchev–Trinajstić information content (AvgIpc) is 2.17.